The number of fused-ring (bicyclic) bond motifs is 1. The third-order valence-electron chi connectivity index (χ3n) is 3.17. The number of benzene rings is 1. The first-order valence-corrected chi connectivity index (χ1v) is 7.83. The Bertz CT molecular complexity index is 872. The molecule has 1 aromatic carbocycles. The Labute approximate surface area is 140 Å². The van der Waals surface area contributed by atoms with E-state index in [9.17, 15) is 4.79 Å². The molecule has 3 rings (SSSR count). The summed E-state index contributed by atoms with van der Waals surface area (Å²) in [5.74, 6) is 0.428. The van der Waals surface area contributed by atoms with E-state index in [1.807, 2.05) is 18.2 Å². The molecule has 3 aromatic rings. The third kappa shape index (κ3) is 2.65. The molecule has 0 atom stereocenters. The molecule has 0 spiro atoms. The minimum Gasteiger partial charge on any atom is -0.497 e. The fourth-order valence-corrected chi connectivity index (χ4v) is 3.27. The lowest BCUT2D eigenvalue weighted by molar-refractivity contribution is 0.101. The summed E-state index contributed by atoms with van der Waals surface area (Å²) in [6.07, 6.45) is 0. The molecule has 0 fully saturated rings. The van der Waals surface area contributed by atoms with Crippen molar-refractivity contribution in [1.29, 1.82) is 0 Å². The standard InChI is InChI=1S/C14H11Cl2N3O2S/c1-19-10(6-8(15)12(19)16)13(20)18-14-17-9-4-3-7(21-2)5-11(9)22-14/h3-6H,1-2H3,(H,17,18,20). The van der Waals surface area contributed by atoms with Gasteiger partial charge in [0, 0.05) is 7.05 Å². The van der Waals surface area contributed by atoms with Crippen LogP contribution in [-0.4, -0.2) is 22.6 Å². The van der Waals surface area contributed by atoms with Crippen molar-refractivity contribution in [2.75, 3.05) is 12.4 Å². The van der Waals surface area contributed by atoms with Crippen molar-refractivity contribution in [2.24, 2.45) is 7.05 Å². The minimum absolute atomic E-state index is 0.317. The molecule has 2 heterocycles. The van der Waals surface area contributed by atoms with Crippen molar-refractivity contribution in [3.05, 3.63) is 40.1 Å². The molecule has 0 unspecified atom stereocenters. The summed E-state index contributed by atoms with van der Waals surface area (Å²) in [6.45, 7) is 0. The second kappa shape index (κ2) is 5.79. The number of hydrogen-bond donors (Lipinski definition) is 1. The molecule has 2 aromatic heterocycles. The van der Waals surface area contributed by atoms with E-state index in [2.05, 4.69) is 10.3 Å². The molecule has 0 saturated carbocycles. The van der Waals surface area contributed by atoms with Crippen LogP contribution in [0.25, 0.3) is 10.2 Å². The largest absolute Gasteiger partial charge is 0.497 e. The lowest BCUT2D eigenvalue weighted by atomic mass is 10.3. The van der Waals surface area contributed by atoms with Crippen LogP contribution in [0.15, 0.2) is 24.3 Å². The predicted octanol–water partition coefficient (Wildman–Crippen LogP) is 4.20. The highest BCUT2D eigenvalue weighted by Crippen LogP contribution is 2.30. The van der Waals surface area contributed by atoms with E-state index < -0.39 is 0 Å². The smallest absolute Gasteiger partial charge is 0.274 e. The van der Waals surface area contributed by atoms with Crippen LogP contribution in [0.3, 0.4) is 0 Å². The van der Waals surface area contributed by atoms with Gasteiger partial charge in [0.1, 0.15) is 16.6 Å². The number of nitrogens with zero attached hydrogens (tertiary/aromatic N) is 2. The summed E-state index contributed by atoms with van der Waals surface area (Å²) in [5.41, 5.74) is 1.16. The van der Waals surface area contributed by atoms with Gasteiger partial charge in [-0.1, -0.05) is 34.5 Å². The van der Waals surface area contributed by atoms with Gasteiger partial charge >= 0.3 is 0 Å². The summed E-state index contributed by atoms with van der Waals surface area (Å²) in [4.78, 5) is 16.7. The van der Waals surface area contributed by atoms with Gasteiger partial charge in [-0.15, -0.1) is 0 Å². The van der Waals surface area contributed by atoms with Gasteiger partial charge in [-0.2, -0.15) is 0 Å². The molecule has 0 aliphatic rings. The number of carbonyl (C=O) groups excluding carboxylic acids is 1. The molecule has 0 aliphatic heterocycles. The number of ether oxygens (including phenoxy) is 1. The van der Waals surface area contributed by atoms with Gasteiger partial charge in [0.05, 0.1) is 22.3 Å². The van der Waals surface area contributed by atoms with E-state index in [0.717, 1.165) is 16.0 Å². The average molecular weight is 356 g/mol. The van der Waals surface area contributed by atoms with Crippen LogP contribution in [0.1, 0.15) is 10.5 Å². The average Bonchev–Trinajstić information content (AvgIpc) is 3.01. The number of methoxy groups -OCH3 is 1. The molecule has 0 saturated heterocycles. The fraction of sp³-hybridized carbons (Fsp3) is 0.143. The highest BCUT2D eigenvalue weighted by Gasteiger charge is 2.17. The van der Waals surface area contributed by atoms with E-state index in [0.29, 0.717) is 21.0 Å². The molecule has 0 bridgehead atoms. The van der Waals surface area contributed by atoms with Gasteiger partial charge in [0.15, 0.2) is 5.13 Å². The number of halogens is 2. The summed E-state index contributed by atoms with van der Waals surface area (Å²) in [7, 11) is 3.28. The summed E-state index contributed by atoms with van der Waals surface area (Å²) >= 11 is 13.3. The SMILES string of the molecule is COc1ccc2nc(NC(=O)c3cc(Cl)c(Cl)n3C)sc2c1. The Morgan fingerprint density at radius 3 is 2.77 bits per heavy atom. The number of amides is 1. The van der Waals surface area contributed by atoms with Crippen LogP contribution in [0.4, 0.5) is 5.13 Å². The van der Waals surface area contributed by atoms with Crippen LogP contribution >= 0.6 is 34.5 Å². The number of rotatable bonds is 3. The van der Waals surface area contributed by atoms with E-state index in [1.165, 1.54) is 22.0 Å². The molecule has 8 heteroatoms. The molecular weight excluding hydrogens is 345 g/mol. The first-order chi connectivity index (χ1) is 10.5. The van der Waals surface area contributed by atoms with Crippen LogP contribution in [-0.2, 0) is 7.05 Å². The predicted molar refractivity (Wildman–Crippen MR) is 89.6 cm³/mol. The van der Waals surface area contributed by atoms with Gasteiger partial charge in [-0.3, -0.25) is 10.1 Å². The maximum absolute atomic E-state index is 12.3. The molecule has 1 amide bonds. The zero-order chi connectivity index (χ0) is 15.9. The van der Waals surface area contributed by atoms with Crippen molar-refractivity contribution >= 4 is 55.8 Å². The molecule has 0 radical (unpaired) electrons. The summed E-state index contributed by atoms with van der Waals surface area (Å²) in [6, 6.07) is 7.06. The van der Waals surface area contributed by atoms with Gasteiger partial charge < -0.3 is 9.30 Å². The third-order valence-corrected chi connectivity index (χ3v) is 4.94. The van der Waals surface area contributed by atoms with Crippen LogP contribution in [0.5, 0.6) is 5.75 Å². The number of hydrogen-bond acceptors (Lipinski definition) is 4. The van der Waals surface area contributed by atoms with Crippen LogP contribution < -0.4 is 10.1 Å². The van der Waals surface area contributed by atoms with Gasteiger partial charge in [0.25, 0.3) is 5.91 Å². The Morgan fingerprint density at radius 2 is 2.14 bits per heavy atom. The fourth-order valence-electron chi connectivity index (χ4n) is 2.01. The van der Waals surface area contributed by atoms with Gasteiger partial charge in [-0.05, 0) is 24.3 Å². The van der Waals surface area contributed by atoms with Crippen molar-refractivity contribution in [3.63, 3.8) is 0 Å². The normalized spacial score (nSPS) is 10.9. The molecule has 1 N–H and O–H groups in total. The van der Waals surface area contributed by atoms with Gasteiger partial charge in [0.2, 0.25) is 0 Å². The molecule has 22 heavy (non-hydrogen) atoms. The highest BCUT2D eigenvalue weighted by atomic mass is 35.5. The van der Waals surface area contributed by atoms with E-state index in [1.54, 1.807) is 14.2 Å². The maximum Gasteiger partial charge on any atom is 0.274 e. The number of aromatic nitrogens is 2. The van der Waals surface area contributed by atoms with E-state index in [4.69, 9.17) is 27.9 Å². The molecule has 114 valence electrons. The number of anilines is 1. The zero-order valence-electron chi connectivity index (χ0n) is 11.7. The Balaban J connectivity index is 1.89. The van der Waals surface area contributed by atoms with Crippen molar-refractivity contribution < 1.29 is 9.53 Å². The van der Waals surface area contributed by atoms with Crippen molar-refractivity contribution in [1.82, 2.24) is 9.55 Å². The zero-order valence-corrected chi connectivity index (χ0v) is 14.0. The number of carbonyl (C=O) groups is 1. The Hall–Kier alpha value is -1.76. The Kier molecular flexibility index (Phi) is 3.99. The van der Waals surface area contributed by atoms with E-state index in [-0.39, 0.29) is 5.91 Å². The first kappa shape index (κ1) is 15.1. The monoisotopic (exact) mass is 355 g/mol. The summed E-state index contributed by atoms with van der Waals surface area (Å²) in [5, 5.41) is 3.91. The maximum atomic E-state index is 12.3. The molecule has 0 aliphatic carbocycles. The van der Waals surface area contributed by atoms with Crippen LogP contribution in [0, 0.1) is 0 Å². The summed E-state index contributed by atoms with van der Waals surface area (Å²) < 4.78 is 7.62. The minimum atomic E-state index is -0.317. The second-order valence-electron chi connectivity index (χ2n) is 4.53. The molecule has 5 nitrogen and oxygen atoms in total. The van der Waals surface area contributed by atoms with Crippen LogP contribution in [0.2, 0.25) is 10.2 Å². The lowest BCUT2D eigenvalue weighted by Gasteiger charge is -2.03. The highest BCUT2D eigenvalue weighted by molar-refractivity contribution is 7.22. The first-order valence-electron chi connectivity index (χ1n) is 6.26. The number of thiazole rings is 1. The lowest BCUT2D eigenvalue weighted by Crippen LogP contribution is -2.15. The second-order valence-corrected chi connectivity index (χ2v) is 6.33. The quantitative estimate of drug-likeness (QED) is 0.765. The van der Waals surface area contributed by atoms with Gasteiger partial charge in [-0.25, -0.2) is 4.98 Å². The Morgan fingerprint density at radius 1 is 1.36 bits per heavy atom. The van der Waals surface area contributed by atoms with Crippen molar-refractivity contribution in [2.45, 2.75) is 0 Å². The topological polar surface area (TPSA) is 56.1 Å². The van der Waals surface area contributed by atoms with E-state index >= 15 is 0 Å². The van der Waals surface area contributed by atoms with Crippen molar-refractivity contribution in [3.8, 4) is 5.75 Å². The number of nitrogens with one attached hydrogen (secondary N) is 1. The molecular formula is C14H11Cl2N3O2S.